The first-order chi connectivity index (χ1) is 5.84. The van der Waals surface area contributed by atoms with Gasteiger partial charge in [-0.15, -0.1) is 0 Å². The van der Waals surface area contributed by atoms with E-state index in [4.69, 9.17) is 5.73 Å². The van der Waals surface area contributed by atoms with Gasteiger partial charge in [-0.3, -0.25) is 4.90 Å². The van der Waals surface area contributed by atoms with Gasteiger partial charge in [-0.05, 0) is 20.0 Å². The molecule has 80 valence electrons. The largest absolute Gasteiger partial charge is 0.405 e. The van der Waals surface area contributed by atoms with E-state index in [0.29, 0.717) is 13.0 Å². The minimum absolute atomic E-state index is 0.328. The predicted octanol–water partition coefficient (Wildman–Crippen LogP) is 1.61. The topological polar surface area (TPSA) is 29.3 Å². The first-order valence-electron chi connectivity index (χ1n) is 4.37. The van der Waals surface area contributed by atoms with Crippen LogP contribution in [0.3, 0.4) is 0 Å². The van der Waals surface area contributed by atoms with Gasteiger partial charge in [0.15, 0.2) is 0 Å². The highest BCUT2D eigenvalue weighted by atomic mass is 19.4. The van der Waals surface area contributed by atoms with Crippen molar-refractivity contribution in [2.45, 2.75) is 38.5 Å². The van der Waals surface area contributed by atoms with Crippen molar-refractivity contribution in [2.75, 3.05) is 13.6 Å². The van der Waals surface area contributed by atoms with E-state index in [-0.39, 0.29) is 0 Å². The molecular weight excluding hydrogens is 181 g/mol. The van der Waals surface area contributed by atoms with Crippen LogP contribution in [0.25, 0.3) is 0 Å². The van der Waals surface area contributed by atoms with E-state index >= 15 is 0 Å². The summed E-state index contributed by atoms with van der Waals surface area (Å²) in [5.74, 6) is 0. The molecule has 0 aromatic carbocycles. The van der Waals surface area contributed by atoms with E-state index in [1.807, 2.05) is 0 Å². The predicted molar refractivity (Wildman–Crippen MR) is 46.4 cm³/mol. The van der Waals surface area contributed by atoms with Crippen molar-refractivity contribution in [1.82, 2.24) is 4.90 Å². The molecular formula is C8H17F3N2. The quantitative estimate of drug-likeness (QED) is 0.743. The third-order valence-electron chi connectivity index (χ3n) is 2.19. The molecule has 0 aromatic rings. The maximum Gasteiger partial charge on any atom is 0.405 e. The molecule has 2 atom stereocenters. The molecule has 0 amide bonds. The number of rotatable bonds is 4. The highest BCUT2D eigenvalue weighted by Crippen LogP contribution is 2.26. The van der Waals surface area contributed by atoms with Crippen LogP contribution < -0.4 is 5.73 Å². The van der Waals surface area contributed by atoms with Crippen LogP contribution in [0.5, 0.6) is 0 Å². The Morgan fingerprint density at radius 1 is 1.31 bits per heavy atom. The summed E-state index contributed by atoms with van der Waals surface area (Å²) in [6, 6.07) is -2.37. The Hall–Kier alpha value is -0.290. The molecule has 0 radical (unpaired) electrons. The number of hydrogen-bond acceptors (Lipinski definition) is 2. The van der Waals surface area contributed by atoms with Gasteiger partial charge in [0, 0.05) is 6.04 Å². The van der Waals surface area contributed by atoms with Crippen LogP contribution in [-0.2, 0) is 0 Å². The Labute approximate surface area is 76.9 Å². The Balaban J connectivity index is 4.55. The smallest absolute Gasteiger partial charge is 0.326 e. The van der Waals surface area contributed by atoms with Crippen LogP contribution in [0, 0.1) is 0 Å². The van der Waals surface area contributed by atoms with Crippen molar-refractivity contribution in [1.29, 1.82) is 0 Å². The maximum atomic E-state index is 12.5. The van der Waals surface area contributed by atoms with Crippen LogP contribution in [-0.4, -0.2) is 36.8 Å². The normalized spacial score (nSPS) is 17.5. The minimum atomic E-state index is -4.24. The Bertz CT molecular complexity index is 137. The van der Waals surface area contributed by atoms with Crippen LogP contribution in [0.1, 0.15) is 20.3 Å². The average molecular weight is 198 g/mol. The molecule has 2 nitrogen and oxygen atoms in total. The van der Waals surface area contributed by atoms with Gasteiger partial charge in [-0.25, -0.2) is 0 Å². The number of nitrogens with zero attached hydrogens (tertiary/aromatic N) is 1. The average Bonchev–Trinajstić information content (AvgIpc) is 2.01. The number of alkyl halides is 3. The van der Waals surface area contributed by atoms with Gasteiger partial charge in [-0.1, -0.05) is 13.8 Å². The molecule has 5 heteroatoms. The number of nitrogens with two attached hydrogens (primary N) is 1. The number of hydrogen-bond donors (Lipinski definition) is 1. The molecule has 0 aliphatic heterocycles. The highest BCUT2D eigenvalue weighted by Gasteiger charge is 2.44. The minimum Gasteiger partial charge on any atom is -0.326 e. The summed E-state index contributed by atoms with van der Waals surface area (Å²) in [6.07, 6.45) is -3.91. The molecule has 0 aliphatic carbocycles. The van der Waals surface area contributed by atoms with Crippen molar-refractivity contribution in [2.24, 2.45) is 5.73 Å². The van der Waals surface area contributed by atoms with E-state index < -0.39 is 18.3 Å². The van der Waals surface area contributed by atoms with Crippen LogP contribution in [0.4, 0.5) is 13.2 Å². The molecule has 13 heavy (non-hydrogen) atoms. The summed E-state index contributed by atoms with van der Waals surface area (Å²) in [5, 5.41) is 0. The summed E-state index contributed by atoms with van der Waals surface area (Å²) < 4.78 is 37.4. The molecule has 0 aromatic heterocycles. The van der Waals surface area contributed by atoms with Crippen LogP contribution >= 0.6 is 0 Å². The first kappa shape index (κ1) is 12.7. The summed E-state index contributed by atoms with van der Waals surface area (Å²) in [4.78, 5) is 1.23. The van der Waals surface area contributed by atoms with E-state index in [9.17, 15) is 13.2 Å². The van der Waals surface area contributed by atoms with Gasteiger partial charge in [-0.2, -0.15) is 13.2 Å². The lowest BCUT2D eigenvalue weighted by Crippen LogP contribution is -2.54. The summed E-state index contributed by atoms with van der Waals surface area (Å²) >= 11 is 0. The number of likely N-dealkylation sites (N-methyl/N-ethyl adjacent to an activating group) is 1. The second kappa shape index (κ2) is 4.81. The molecule has 0 aliphatic rings. The molecule has 0 heterocycles. The fourth-order valence-electron chi connectivity index (χ4n) is 1.24. The maximum absolute atomic E-state index is 12.5. The zero-order valence-corrected chi connectivity index (χ0v) is 8.23. The van der Waals surface area contributed by atoms with Crippen molar-refractivity contribution in [3.05, 3.63) is 0 Å². The molecule has 0 rings (SSSR count). The third kappa shape index (κ3) is 3.52. The van der Waals surface area contributed by atoms with Crippen molar-refractivity contribution in [3.8, 4) is 0 Å². The van der Waals surface area contributed by atoms with E-state index in [2.05, 4.69) is 0 Å². The third-order valence-corrected chi connectivity index (χ3v) is 2.19. The summed E-state index contributed by atoms with van der Waals surface area (Å²) in [6.45, 7) is 3.69. The van der Waals surface area contributed by atoms with E-state index in [1.165, 1.54) is 11.9 Å². The van der Waals surface area contributed by atoms with Crippen molar-refractivity contribution in [3.63, 3.8) is 0 Å². The molecule has 0 saturated heterocycles. The highest BCUT2D eigenvalue weighted by molar-refractivity contribution is 4.85. The monoisotopic (exact) mass is 198 g/mol. The molecule has 0 bridgehead atoms. The molecule has 0 saturated carbocycles. The van der Waals surface area contributed by atoms with Crippen LogP contribution in [0.15, 0.2) is 0 Å². The van der Waals surface area contributed by atoms with Gasteiger partial charge < -0.3 is 5.73 Å². The number of halogens is 3. The zero-order chi connectivity index (χ0) is 10.6. The molecule has 0 fully saturated rings. The summed E-state index contributed by atoms with van der Waals surface area (Å²) in [7, 11) is 1.44. The Morgan fingerprint density at radius 3 is 2.00 bits per heavy atom. The fraction of sp³-hybridized carbons (Fsp3) is 1.00. The lowest BCUT2D eigenvalue weighted by Gasteiger charge is -2.32. The van der Waals surface area contributed by atoms with Gasteiger partial charge in [0.2, 0.25) is 0 Å². The van der Waals surface area contributed by atoms with Gasteiger partial charge in [0.25, 0.3) is 0 Å². The van der Waals surface area contributed by atoms with E-state index in [0.717, 1.165) is 0 Å². The second-order valence-corrected chi connectivity index (χ2v) is 3.13. The van der Waals surface area contributed by atoms with Crippen LogP contribution in [0.2, 0.25) is 0 Å². The van der Waals surface area contributed by atoms with Gasteiger partial charge >= 0.3 is 6.18 Å². The Morgan fingerprint density at radius 2 is 1.77 bits per heavy atom. The van der Waals surface area contributed by atoms with Crippen molar-refractivity contribution < 1.29 is 13.2 Å². The lowest BCUT2D eigenvalue weighted by molar-refractivity contribution is -0.185. The first-order valence-corrected chi connectivity index (χ1v) is 4.37. The molecule has 2 unspecified atom stereocenters. The second-order valence-electron chi connectivity index (χ2n) is 3.13. The molecule has 2 N–H and O–H groups in total. The zero-order valence-electron chi connectivity index (χ0n) is 8.23. The lowest BCUT2D eigenvalue weighted by atomic mass is 10.1. The molecule has 0 spiro atoms. The SMILES string of the molecule is CCC(N)C(N(C)CC)C(F)(F)F. The standard InChI is InChI=1S/C8H17F3N2/c1-4-6(12)7(8(9,10)11)13(3)5-2/h6-7H,4-5,12H2,1-3H3. The summed E-state index contributed by atoms with van der Waals surface area (Å²) in [5.41, 5.74) is 5.42. The Kier molecular flexibility index (Phi) is 4.70. The van der Waals surface area contributed by atoms with Gasteiger partial charge in [0.1, 0.15) is 6.04 Å². The van der Waals surface area contributed by atoms with Crippen molar-refractivity contribution >= 4 is 0 Å². The fourth-order valence-corrected chi connectivity index (χ4v) is 1.24. The van der Waals surface area contributed by atoms with E-state index in [1.54, 1.807) is 13.8 Å². The van der Waals surface area contributed by atoms with Gasteiger partial charge in [0.05, 0.1) is 0 Å².